The zero-order valence-corrected chi connectivity index (χ0v) is 11.3. The summed E-state index contributed by atoms with van der Waals surface area (Å²) < 4.78 is 0. The molecule has 1 atom stereocenters. The molecule has 3 rings (SSSR count). The van der Waals surface area contributed by atoms with Crippen LogP contribution in [0.15, 0.2) is 24.3 Å². The molecule has 0 aromatic heterocycles. The zero-order valence-electron chi connectivity index (χ0n) is 11.3. The number of rotatable bonds is 2. The van der Waals surface area contributed by atoms with Crippen LogP contribution in [-0.4, -0.2) is 11.2 Å². The number of aliphatic hydroxyl groups excluding tert-OH is 1. The molecular formula is C17H21NO. The molecule has 1 aromatic rings. The van der Waals surface area contributed by atoms with Crippen LogP contribution in [0.5, 0.6) is 0 Å². The zero-order chi connectivity index (χ0) is 13.3. The van der Waals surface area contributed by atoms with Crippen molar-refractivity contribution in [3.05, 3.63) is 35.4 Å². The minimum absolute atomic E-state index is 0.322. The van der Waals surface area contributed by atoms with Crippen LogP contribution >= 0.6 is 0 Å². The molecule has 0 amide bonds. The highest BCUT2D eigenvalue weighted by Gasteiger charge is 2.46. The topological polar surface area (TPSA) is 44.0 Å². The first kappa shape index (κ1) is 12.7. The number of hydrogen-bond donors (Lipinski definition) is 1. The maximum absolute atomic E-state index is 10.8. The highest BCUT2D eigenvalue weighted by Crippen LogP contribution is 2.44. The molecule has 0 saturated heterocycles. The Morgan fingerprint density at radius 1 is 1.11 bits per heavy atom. The second kappa shape index (κ2) is 4.98. The fourth-order valence-corrected chi connectivity index (χ4v) is 3.90. The maximum atomic E-state index is 10.8. The Labute approximate surface area is 115 Å². The third kappa shape index (κ3) is 2.17. The lowest BCUT2D eigenvalue weighted by atomic mass is 9.71. The SMILES string of the molecule is N#CC1(C(O)C2CCCCC2)Cc2ccccc2C1. The second-order valence-electron chi connectivity index (χ2n) is 6.23. The molecule has 0 bridgehead atoms. The Kier molecular flexibility index (Phi) is 3.33. The molecule has 0 heterocycles. The van der Waals surface area contributed by atoms with Crippen molar-refractivity contribution < 1.29 is 5.11 Å². The minimum Gasteiger partial charge on any atom is -0.391 e. The second-order valence-corrected chi connectivity index (χ2v) is 6.23. The van der Waals surface area contributed by atoms with Crippen LogP contribution in [0.3, 0.4) is 0 Å². The molecule has 2 heteroatoms. The van der Waals surface area contributed by atoms with E-state index < -0.39 is 11.5 Å². The predicted octanol–water partition coefficient (Wildman–Crippen LogP) is 3.24. The van der Waals surface area contributed by atoms with Gasteiger partial charge in [-0.1, -0.05) is 43.5 Å². The smallest absolute Gasteiger partial charge is 0.0915 e. The van der Waals surface area contributed by atoms with E-state index in [1.165, 1.54) is 30.4 Å². The molecule has 0 spiro atoms. The van der Waals surface area contributed by atoms with Gasteiger partial charge < -0.3 is 5.11 Å². The van der Waals surface area contributed by atoms with E-state index in [1.54, 1.807) is 0 Å². The van der Waals surface area contributed by atoms with Crippen LogP contribution < -0.4 is 0 Å². The fraction of sp³-hybridized carbons (Fsp3) is 0.588. The Balaban J connectivity index is 1.84. The van der Waals surface area contributed by atoms with Crippen LogP contribution in [0.4, 0.5) is 0 Å². The Morgan fingerprint density at radius 3 is 2.21 bits per heavy atom. The molecule has 1 unspecified atom stereocenters. The van der Waals surface area contributed by atoms with E-state index in [-0.39, 0.29) is 0 Å². The van der Waals surface area contributed by atoms with E-state index in [0.717, 1.165) is 25.7 Å². The van der Waals surface area contributed by atoms with Gasteiger partial charge in [0, 0.05) is 0 Å². The number of aliphatic hydroxyl groups is 1. The van der Waals surface area contributed by atoms with Crippen molar-refractivity contribution in [2.24, 2.45) is 11.3 Å². The van der Waals surface area contributed by atoms with Crippen molar-refractivity contribution in [3.8, 4) is 6.07 Å². The van der Waals surface area contributed by atoms with E-state index in [0.29, 0.717) is 5.92 Å². The van der Waals surface area contributed by atoms with Crippen molar-refractivity contribution in [2.45, 2.75) is 51.0 Å². The third-order valence-corrected chi connectivity index (χ3v) is 5.02. The quantitative estimate of drug-likeness (QED) is 0.881. The van der Waals surface area contributed by atoms with Gasteiger partial charge in [-0.15, -0.1) is 0 Å². The molecule has 2 nitrogen and oxygen atoms in total. The van der Waals surface area contributed by atoms with E-state index in [4.69, 9.17) is 0 Å². The van der Waals surface area contributed by atoms with Gasteiger partial charge in [-0.05, 0) is 42.7 Å². The molecule has 0 radical (unpaired) electrons. The summed E-state index contributed by atoms with van der Waals surface area (Å²) in [4.78, 5) is 0. The maximum Gasteiger partial charge on any atom is 0.0915 e. The molecule has 19 heavy (non-hydrogen) atoms. The first-order chi connectivity index (χ1) is 9.25. The standard InChI is InChI=1S/C17H21NO/c18-12-17(16(19)13-6-2-1-3-7-13)10-14-8-4-5-9-15(14)11-17/h4-5,8-9,13,16,19H,1-3,6-7,10-11H2. The fourth-order valence-electron chi connectivity index (χ4n) is 3.90. The minimum atomic E-state index is -0.578. The monoisotopic (exact) mass is 255 g/mol. The summed E-state index contributed by atoms with van der Waals surface area (Å²) in [6.45, 7) is 0. The van der Waals surface area contributed by atoms with Crippen molar-refractivity contribution in [3.63, 3.8) is 0 Å². The summed E-state index contributed by atoms with van der Waals surface area (Å²) in [5.74, 6) is 0.322. The summed E-state index contributed by atoms with van der Waals surface area (Å²) in [7, 11) is 0. The van der Waals surface area contributed by atoms with Gasteiger partial charge in [-0.2, -0.15) is 5.26 Å². The molecular weight excluding hydrogens is 234 g/mol. The Hall–Kier alpha value is -1.33. The number of nitriles is 1. The predicted molar refractivity (Wildman–Crippen MR) is 74.5 cm³/mol. The van der Waals surface area contributed by atoms with Crippen LogP contribution in [0.1, 0.15) is 43.2 Å². The lowest BCUT2D eigenvalue weighted by Gasteiger charge is -2.35. The average molecular weight is 255 g/mol. The van der Waals surface area contributed by atoms with E-state index >= 15 is 0 Å². The first-order valence-corrected chi connectivity index (χ1v) is 7.41. The van der Waals surface area contributed by atoms with Gasteiger partial charge in [0.1, 0.15) is 0 Å². The Bertz CT molecular complexity index is 471. The highest BCUT2D eigenvalue weighted by molar-refractivity contribution is 5.38. The number of hydrogen-bond acceptors (Lipinski definition) is 2. The van der Waals surface area contributed by atoms with Gasteiger partial charge in [0.15, 0.2) is 0 Å². The molecule has 1 aromatic carbocycles. The van der Waals surface area contributed by atoms with Gasteiger partial charge in [0.05, 0.1) is 17.6 Å². The lowest BCUT2D eigenvalue weighted by Crippen LogP contribution is -2.41. The highest BCUT2D eigenvalue weighted by atomic mass is 16.3. The molecule has 1 saturated carbocycles. The van der Waals surface area contributed by atoms with Gasteiger partial charge in [0.2, 0.25) is 0 Å². The summed E-state index contributed by atoms with van der Waals surface area (Å²) in [6, 6.07) is 10.7. The molecule has 2 aliphatic rings. The van der Waals surface area contributed by atoms with Crippen molar-refractivity contribution in [1.82, 2.24) is 0 Å². The normalized spacial score (nSPS) is 23.6. The summed E-state index contributed by atoms with van der Waals surface area (Å²) in [6.07, 6.45) is 6.83. The van der Waals surface area contributed by atoms with Gasteiger partial charge in [-0.25, -0.2) is 0 Å². The molecule has 2 aliphatic carbocycles. The van der Waals surface area contributed by atoms with Crippen LogP contribution in [-0.2, 0) is 12.8 Å². The molecule has 1 fully saturated rings. The van der Waals surface area contributed by atoms with Crippen LogP contribution in [0.25, 0.3) is 0 Å². The van der Waals surface area contributed by atoms with Gasteiger partial charge >= 0.3 is 0 Å². The van der Waals surface area contributed by atoms with E-state index in [1.807, 2.05) is 12.1 Å². The number of benzene rings is 1. The van der Waals surface area contributed by atoms with Crippen LogP contribution in [0.2, 0.25) is 0 Å². The third-order valence-electron chi connectivity index (χ3n) is 5.02. The van der Waals surface area contributed by atoms with Crippen molar-refractivity contribution in [2.75, 3.05) is 0 Å². The molecule has 100 valence electrons. The van der Waals surface area contributed by atoms with Crippen LogP contribution in [0, 0.1) is 22.7 Å². The summed E-state index contributed by atoms with van der Waals surface area (Å²) in [5.41, 5.74) is 1.92. The van der Waals surface area contributed by atoms with Gasteiger partial charge in [0.25, 0.3) is 0 Å². The summed E-state index contributed by atoms with van der Waals surface area (Å²) in [5, 5.41) is 20.5. The van der Waals surface area contributed by atoms with Gasteiger partial charge in [-0.3, -0.25) is 0 Å². The Morgan fingerprint density at radius 2 is 1.68 bits per heavy atom. The molecule has 1 N–H and O–H groups in total. The van der Waals surface area contributed by atoms with Crippen molar-refractivity contribution >= 4 is 0 Å². The van der Waals surface area contributed by atoms with E-state index in [9.17, 15) is 10.4 Å². The largest absolute Gasteiger partial charge is 0.391 e. The van der Waals surface area contributed by atoms with E-state index in [2.05, 4.69) is 18.2 Å². The number of nitrogens with zero attached hydrogens (tertiary/aromatic N) is 1. The summed E-state index contributed by atoms with van der Waals surface area (Å²) >= 11 is 0. The average Bonchev–Trinajstić information content (AvgIpc) is 2.87. The van der Waals surface area contributed by atoms with Crippen molar-refractivity contribution in [1.29, 1.82) is 5.26 Å². The number of fused-ring (bicyclic) bond motifs is 1. The lowest BCUT2D eigenvalue weighted by molar-refractivity contribution is 0.00354. The molecule has 0 aliphatic heterocycles. The first-order valence-electron chi connectivity index (χ1n) is 7.41.